The normalized spacial score (nSPS) is 13.4. The van der Waals surface area contributed by atoms with Crippen LogP contribution in [0.4, 0.5) is 0 Å². The summed E-state index contributed by atoms with van der Waals surface area (Å²) in [5.41, 5.74) is 0.613. The third kappa shape index (κ3) is 4.62. The second kappa shape index (κ2) is 7.86. The Balaban J connectivity index is 2.23. The Bertz CT molecular complexity index is 557. The van der Waals surface area contributed by atoms with E-state index in [0.29, 0.717) is 0 Å². The molecule has 0 aliphatic carbocycles. The summed E-state index contributed by atoms with van der Waals surface area (Å²) in [6.45, 7) is 1.41. The van der Waals surface area contributed by atoms with Crippen molar-refractivity contribution < 1.29 is 14.3 Å². The van der Waals surface area contributed by atoms with Crippen LogP contribution in [0.15, 0.2) is 65.6 Å². The molecule has 2 unspecified atom stereocenters. The Labute approximate surface area is 129 Å². The lowest BCUT2D eigenvalue weighted by atomic mass is 10.1. The summed E-state index contributed by atoms with van der Waals surface area (Å²) in [6, 6.07) is 19.6. The molecule has 0 fully saturated rings. The highest BCUT2D eigenvalue weighted by Gasteiger charge is 2.27. The van der Waals surface area contributed by atoms with Crippen LogP contribution >= 0.6 is 11.8 Å². The Kier molecular flexibility index (Phi) is 5.84. The Morgan fingerprint density at radius 3 is 2.10 bits per heavy atom. The first kappa shape index (κ1) is 15.6. The van der Waals surface area contributed by atoms with Gasteiger partial charge >= 0.3 is 5.97 Å². The maximum Gasteiger partial charge on any atom is 0.303 e. The first-order chi connectivity index (χ1) is 10.2. The number of esters is 1. The monoisotopic (exact) mass is 302 g/mol. The van der Waals surface area contributed by atoms with Crippen LogP contribution in [-0.2, 0) is 14.3 Å². The van der Waals surface area contributed by atoms with Crippen LogP contribution in [-0.4, -0.2) is 18.5 Å². The lowest BCUT2D eigenvalue weighted by molar-refractivity contribution is -0.150. The Morgan fingerprint density at radius 2 is 1.57 bits per heavy atom. The minimum absolute atomic E-state index is 0.307. The fraction of sp³-hybridized carbons (Fsp3) is 0.235. The van der Waals surface area contributed by atoms with E-state index in [2.05, 4.69) is 0 Å². The molecule has 0 radical (unpaired) electrons. The second-order valence-corrected chi connectivity index (χ2v) is 5.65. The van der Waals surface area contributed by atoms with Gasteiger partial charge < -0.3 is 9.47 Å². The molecule has 0 aliphatic rings. The molecule has 2 aromatic rings. The largest absolute Gasteiger partial charge is 0.454 e. The van der Waals surface area contributed by atoms with Gasteiger partial charge in [0.05, 0.1) is 0 Å². The molecule has 0 bridgehead atoms. The first-order valence-electron chi connectivity index (χ1n) is 6.67. The molecule has 3 nitrogen and oxygen atoms in total. The van der Waals surface area contributed by atoms with Crippen molar-refractivity contribution in [3.63, 3.8) is 0 Å². The fourth-order valence-corrected chi connectivity index (χ4v) is 2.98. The molecular formula is C17H18O3S. The third-order valence-corrected chi connectivity index (χ3v) is 4.11. The quantitative estimate of drug-likeness (QED) is 0.458. The summed E-state index contributed by atoms with van der Waals surface area (Å²) in [5, 5.41) is 0. The van der Waals surface area contributed by atoms with Gasteiger partial charge in [0.2, 0.25) is 0 Å². The van der Waals surface area contributed by atoms with Crippen molar-refractivity contribution >= 4 is 17.7 Å². The van der Waals surface area contributed by atoms with Crippen molar-refractivity contribution in [3.8, 4) is 0 Å². The summed E-state index contributed by atoms with van der Waals surface area (Å²) in [4.78, 5) is 12.5. The molecule has 2 atom stereocenters. The van der Waals surface area contributed by atoms with Crippen molar-refractivity contribution in [2.24, 2.45) is 0 Å². The maximum absolute atomic E-state index is 11.4. The molecule has 21 heavy (non-hydrogen) atoms. The van der Waals surface area contributed by atoms with Crippen LogP contribution < -0.4 is 0 Å². The van der Waals surface area contributed by atoms with E-state index in [1.165, 1.54) is 18.7 Å². The highest BCUT2D eigenvalue weighted by atomic mass is 32.2. The lowest BCUT2D eigenvalue weighted by Gasteiger charge is -2.25. The van der Waals surface area contributed by atoms with Gasteiger partial charge in [0.15, 0.2) is 6.10 Å². The van der Waals surface area contributed by atoms with E-state index in [-0.39, 0.29) is 11.4 Å². The predicted octanol–water partition coefficient (Wildman–Crippen LogP) is 4.06. The molecule has 0 saturated carbocycles. The summed E-state index contributed by atoms with van der Waals surface area (Å²) in [7, 11) is 1.63. The molecule has 0 spiro atoms. The van der Waals surface area contributed by atoms with Crippen LogP contribution in [0.3, 0.4) is 0 Å². The van der Waals surface area contributed by atoms with Crippen LogP contribution in [0.5, 0.6) is 0 Å². The first-order valence-corrected chi connectivity index (χ1v) is 7.55. The average Bonchev–Trinajstić information content (AvgIpc) is 2.52. The predicted molar refractivity (Wildman–Crippen MR) is 84.0 cm³/mol. The summed E-state index contributed by atoms with van der Waals surface area (Å²) < 4.78 is 11.0. The van der Waals surface area contributed by atoms with Crippen molar-refractivity contribution in [2.75, 3.05) is 7.11 Å². The highest BCUT2D eigenvalue weighted by Crippen LogP contribution is 2.35. The van der Waals surface area contributed by atoms with Crippen molar-refractivity contribution in [2.45, 2.75) is 23.4 Å². The average molecular weight is 302 g/mol. The molecule has 0 aliphatic heterocycles. The number of benzene rings is 2. The van der Waals surface area contributed by atoms with Gasteiger partial charge in [-0.15, -0.1) is 0 Å². The smallest absolute Gasteiger partial charge is 0.303 e. The SMILES string of the molecule is COC(Sc1ccccc1)C(OC(C)=O)c1ccccc1. The van der Waals surface area contributed by atoms with Gasteiger partial charge in [0.25, 0.3) is 0 Å². The summed E-state index contributed by atoms with van der Waals surface area (Å²) in [6.07, 6.45) is -0.445. The number of thioether (sulfide) groups is 1. The van der Waals surface area contributed by atoms with E-state index < -0.39 is 6.10 Å². The molecule has 2 aromatic carbocycles. The summed E-state index contributed by atoms with van der Waals surface area (Å²) >= 11 is 1.53. The van der Waals surface area contributed by atoms with Crippen LogP contribution in [0, 0.1) is 0 Å². The van der Waals surface area contributed by atoms with E-state index in [0.717, 1.165) is 10.5 Å². The zero-order chi connectivity index (χ0) is 15.1. The molecule has 0 heterocycles. The Hall–Kier alpha value is -1.78. The second-order valence-electron chi connectivity index (χ2n) is 4.48. The van der Waals surface area contributed by atoms with Crippen molar-refractivity contribution in [3.05, 3.63) is 66.2 Å². The highest BCUT2D eigenvalue weighted by molar-refractivity contribution is 7.99. The lowest BCUT2D eigenvalue weighted by Crippen LogP contribution is -2.22. The molecule has 0 amide bonds. The Morgan fingerprint density at radius 1 is 1.00 bits per heavy atom. The zero-order valence-electron chi connectivity index (χ0n) is 12.1. The number of hydrogen-bond acceptors (Lipinski definition) is 4. The number of carbonyl (C=O) groups is 1. The number of carbonyl (C=O) groups excluding carboxylic acids is 1. The molecule has 0 aromatic heterocycles. The number of methoxy groups -OCH3 is 1. The maximum atomic E-state index is 11.4. The van der Waals surface area contributed by atoms with Gasteiger partial charge in [0, 0.05) is 18.9 Å². The van der Waals surface area contributed by atoms with Gasteiger partial charge in [0.1, 0.15) is 5.44 Å². The van der Waals surface area contributed by atoms with Crippen molar-refractivity contribution in [1.29, 1.82) is 0 Å². The summed E-state index contributed by atoms with van der Waals surface area (Å²) in [5.74, 6) is -0.320. The van der Waals surface area contributed by atoms with E-state index in [1.807, 2.05) is 60.7 Å². The molecule has 0 N–H and O–H groups in total. The topological polar surface area (TPSA) is 35.5 Å². The molecule has 0 saturated heterocycles. The molecule has 4 heteroatoms. The van der Waals surface area contributed by atoms with Crippen LogP contribution in [0.1, 0.15) is 18.6 Å². The van der Waals surface area contributed by atoms with Gasteiger partial charge in [-0.3, -0.25) is 4.79 Å². The number of rotatable bonds is 6. The molecule has 110 valence electrons. The van der Waals surface area contributed by atoms with Crippen molar-refractivity contribution in [1.82, 2.24) is 0 Å². The minimum atomic E-state index is -0.445. The van der Waals surface area contributed by atoms with E-state index in [4.69, 9.17) is 9.47 Å². The fourth-order valence-electron chi connectivity index (χ4n) is 1.97. The minimum Gasteiger partial charge on any atom is -0.454 e. The van der Waals surface area contributed by atoms with Gasteiger partial charge in [-0.05, 0) is 17.7 Å². The van der Waals surface area contributed by atoms with Gasteiger partial charge in [-0.2, -0.15) is 0 Å². The van der Waals surface area contributed by atoms with E-state index in [1.54, 1.807) is 7.11 Å². The van der Waals surface area contributed by atoms with Crippen LogP contribution in [0.25, 0.3) is 0 Å². The van der Waals surface area contributed by atoms with Gasteiger partial charge in [-0.1, -0.05) is 60.3 Å². The van der Waals surface area contributed by atoms with Gasteiger partial charge in [-0.25, -0.2) is 0 Å². The standard InChI is InChI=1S/C17H18O3S/c1-13(18)20-16(14-9-5-3-6-10-14)17(19-2)21-15-11-7-4-8-12-15/h3-12,16-17H,1-2H3. The zero-order valence-corrected chi connectivity index (χ0v) is 12.9. The number of hydrogen-bond donors (Lipinski definition) is 0. The van der Waals surface area contributed by atoms with Crippen LogP contribution in [0.2, 0.25) is 0 Å². The van der Waals surface area contributed by atoms with E-state index in [9.17, 15) is 4.79 Å². The number of ether oxygens (including phenoxy) is 2. The molecule has 2 rings (SSSR count). The third-order valence-electron chi connectivity index (χ3n) is 2.90. The van der Waals surface area contributed by atoms with E-state index >= 15 is 0 Å². The molecular weight excluding hydrogens is 284 g/mol.